The number of imidazole rings is 1. The van der Waals surface area contributed by atoms with Gasteiger partial charge in [0.25, 0.3) is 0 Å². The van der Waals surface area contributed by atoms with Crippen molar-refractivity contribution in [2.75, 3.05) is 13.1 Å². The van der Waals surface area contributed by atoms with Gasteiger partial charge in [-0.05, 0) is 55.4 Å². The third kappa shape index (κ3) is 3.37. The largest absolute Gasteiger partial charge is 0.369 e. The number of nitrogens with zero attached hydrogens (tertiary/aromatic N) is 3. The SMILES string of the molecule is NC(=O)C1CCCN(C(=O)CCC2(c3ccc(Cl)cc3)C3=CCCC=C3c3nccn32)C1. The van der Waals surface area contributed by atoms with E-state index in [-0.39, 0.29) is 17.7 Å². The predicted molar refractivity (Wildman–Crippen MR) is 124 cm³/mol. The Morgan fingerprint density at radius 1 is 1.19 bits per heavy atom. The normalized spacial score (nSPS) is 24.4. The molecule has 2 unspecified atom stereocenters. The second-order valence-corrected chi connectivity index (χ2v) is 9.32. The fourth-order valence-corrected chi connectivity index (χ4v) is 5.65. The average molecular weight is 451 g/mol. The van der Waals surface area contributed by atoms with Crippen LogP contribution in [0.4, 0.5) is 0 Å². The van der Waals surface area contributed by atoms with E-state index in [0.29, 0.717) is 31.0 Å². The molecule has 5 rings (SSSR count). The van der Waals surface area contributed by atoms with Crippen molar-refractivity contribution >= 4 is 29.0 Å². The molecule has 1 aromatic carbocycles. The number of hydrogen-bond donors (Lipinski definition) is 1. The number of carbonyl (C=O) groups is 2. The Balaban J connectivity index is 1.50. The first kappa shape index (κ1) is 21.0. The van der Waals surface area contributed by atoms with Gasteiger partial charge >= 0.3 is 0 Å². The number of primary amides is 1. The maximum Gasteiger partial charge on any atom is 0.222 e. The molecule has 6 nitrogen and oxygen atoms in total. The Morgan fingerprint density at radius 2 is 1.97 bits per heavy atom. The molecule has 1 aliphatic carbocycles. The summed E-state index contributed by atoms with van der Waals surface area (Å²) in [4.78, 5) is 31.4. The summed E-state index contributed by atoms with van der Waals surface area (Å²) < 4.78 is 2.22. The van der Waals surface area contributed by atoms with E-state index in [0.717, 1.165) is 42.6 Å². The van der Waals surface area contributed by atoms with Crippen molar-refractivity contribution in [3.63, 3.8) is 0 Å². The molecule has 3 heterocycles. The Hall–Kier alpha value is -2.86. The van der Waals surface area contributed by atoms with Gasteiger partial charge in [0.15, 0.2) is 0 Å². The van der Waals surface area contributed by atoms with E-state index in [4.69, 9.17) is 17.3 Å². The average Bonchev–Trinajstić information content (AvgIpc) is 3.39. The quantitative estimate of drug-likeness (QED) is 0.750. The minimum absolute atomic E-state index is 0.0693. The molecular formula is C25H27ClN4O2. The van der Waals surface area contributed by atoms with Gasteiger partial charge in [0.05, 0.1) is 11.5 Å². The Kier molecular flexibility index (Phi) is 5.41. The number of aromatic nitrogens is 2. The topological polar surface area (TPSA) is 81.2 Å². The minimum atomic E-state index is -0.503. The lowest BCUT2D eigenvalue weighted by atomic mass is 9.76. The van der Waals surface area contributed by atoms with Crippen molar-refractivity contribution in [2.45, 2.75) is 44.1 Å². The van der Waals surface area contributed by atoms with E-state index in [9.17, 15) is 9.59 Å². The lowest BCUT2D eigenvalue weighted by Crippen LogP contribution is -2.44. The van der Waals surface area contributed by atoms with Gasteiger partial charge < -0.3 is 15.2 Å². The number of hydrogen-bond acceptors (Lipinski definition) is 3. The van der Waals surface area contributed by atoms with Crippen molar-refractivity contribution in [3.05, 3.63) is 70.8 Å². The molecule has 166 valence electrons. The van der Waals surface area contributed by atoms with Crippen molar-refractivity contribution in [1.82, 2.24) is 14.5 Å². The Morgan fingerprint density at radius 3 is 2.75 bits per heavy atom. The highest BCUT2D eigenvalue weighted by Gasteiger charge is 2.47. The number of amides is 2. The lowest BCUT2D eigenvalue weighted by Gasteiger charge is -2.36. The van der Waals surface area contributed by atoms with Crippen LogP contribution in [0.3, 0.4) is 0 Å². The molecule has 0 spiro atoms. The molecule has 0 radical (unpaired) electrons. The second kappa shape index (κ2) is 8.24. The van der Waals surface area contributed by atoms with Crippen LogP contribution in [-0.4, -0.2) is 39.4 Å². The van der Waals surface area contributed by atoms with Crippen molar-refractivity contribution in [3.8, 4) is 0 Å². The van der Waals surface area contributed by atoms with Crippen molar-refractivity contribution in [1.29, 1.82) is 0 Å². The fraction of sp³-hybridized carbons (Fsp3) is 0.400. The van der Waals surface area contributed by atoms with Gasteiger partial charge in [-0.2, -0.15) is 0 Å². The van der Waals surface area contributed by atoms with Crippen LogP contribution in [-0.2, 0) is 15.1 Å². The van der Waals surface area contributed by atoms with E-state index in [1.54, 1.807) is 0 Å². The van der Waals surface area contributed by atoms with Crippen LogP contribution >= 0.6 is 11.6 Å². The number of benzene rings is 1. The predicted octanol–water partition coefficient (Wildman–Crippen LogP) is 3.90. The van der Waals surface area contributed by atoms with Crippen LogP contribution in [0.15, 0.2) is 54.4 Å². The van der Waals surface area contributed by atoms with Crippen molar-refractivity contribution in [2.24, 2.45) is 11.7 Å². The zero-order chi connectivity index (χ0) is 22.3. The molecule has 0 bridgehead atoms. The number of likely N-dealkylation sites (tertiary alicyclic amines) is 1. The van der Waals surface area contributed by atoms with E-state index in [1.165, 1.54) is 5.57 Å². The molecule has 32 heavy (non-hydrogen) atoms. The standard InChI is InChI=1S/C25H27ClN4O2/c26-19-9-7-18(8-10-19)25(12-11-22(31)29-14-3-4-17(16-29)23(27)32)21-6-2-1-5-20(21)24-28-13-15-30(24)25/h5-10,13,15,17H,1-4,11-12,14,16H2,(H2,27,32). The smallest absolute Gasteiger partial charge is 0.222 e. The van der Waals surface area contributed by atoms with E-state index in [2.05, 4.69) is 33.8 Å². The zero-order valence-electron chi connectivity index (χ0n) is 18.0. The number of carbonyl (C=O) groups excluding carboxylic acids is 2. The molecule has 2 aliphatic heterocycles. The van der Waals surface area contributed by atoms with Crippen molar-refractivity contribution < 1.29 is 9.59 Å². The van der Waals surface area contributed by atoms with Crippen LogP contribution in [0.2, 0.25) is 5.02 Å². The van der Waals surface area contributed by atoms with Crippen LogP contribution in [0.25, 0.3) is 5.57 Å². The van der Waals surface area contributed by atoms with Gasteiger partial charge in [0, 0.05) is 42.5 Å². The molecule has 1 aromatic heterocycles. The van der Waals surface area contributed by atoms with Crippen LogP contribution in [0.5, 0.6) is 0 Å². The highest BCUT2D eigenvalue weighted by molar-refractivity contribution is 6.30. The summed E-state index contributed by atoms with van der Waals surface area (Å²) in [5.74, 6) is 0.450. The first-order valence-corrected chi connectivity index (χ1v) is 11.7. The molecule has 1 fully saturated rings. The van der Waals surface area contributed by atoms with Gasteiger partial charge in [-0.3, -0.25) is 9.59 Å². The maximum atomic E-state index is 13.3. The number of piperidine rings is 1. The summed E-state index contributed by atoms with van der Waals surface area (Å²) in [6, 6.07) is 7.92. The summed E-state index contributed by atoms with van der Waals surface area (Å²) in [6.45, 7) is 1.10. The van der Waals surface area contributed by atoms with Crippen LogP contribution in [0.1, 0.15) is 49.9 Å². The fourth-order valence-electron chi connectivity index (χ4n) is 5.52. The number of allylic oxidation sites excluding steroid dienone is 4. The van der Waals surface area contributed by atoms with Gasteiger partial charge in [0.2, 0.25) is 11.8 Å². The number of halogens is 1. The third-order valence-electron chi connectivity index (χ3n) is 7.09. The lowest BCUT2D eigenvalue weighted by molar-refractivity contribution is -0.135. The number of fused-ring (bicyclic) bond motifs is 3. The monoisotopic (exact) mass is 450 g/mol. The van der Waals surface area contributed by atoms with Crippen LogP contribution < -0.4 is 5.73 Å². The van der Waals surface area contributed by atoms with Crippen LogP contribution in [0, 0.1) is 5.92 Å². The summed E-state index contributed by atoms with van der Waals surface area (Å²) >= 11 is 6.20. The van der Waals surface area contributed by atoms with E-state index in [1.807, 2.05) is 29.4 Å². The summed E-state index contributed by atoms with van der Waals surface area (Å²) in [5, 5.41) is 0.683. The summed E-state index contributed by atoms with van der Waals surface area (Å²) in [6.07, 6.45) is 12.9. The highest BCUT2D eigenvalue weighted by Crippen LogP contribution is 2.52. The first-order valence-electron chi connectivity index (χ1n) is 11.3. The molecular weight excluding hydrogens is 424 g/mol. The van der Waals surface area contributed by atoms with Gasteiger partial charge in [-0.15, -0.1) is 0 Å². The first-order chi connectivity index (χ1) is 15.5. The number of nitrogens with two attached hydrogens (primary N) is 1. The zero-order valence-corrected chi connectivity index (χ0v) is 18.7. The molecule has 2 atom stereocenters. The summed E-state index contributed by atoms with van der Waals surface area (Å²) in [7, 11) is 0. The van der Waals surface area contributed by atoms with Gasteiger partial charge in [-0.1, -0.05) is 35.9 Å². The maximum absolute atomic E-state index is 13.3. The second-order valence-electron chi connectivity index (χ2n) is 8.88. The molecule has 0 saturated carbocycles. The number of rotatable bonds is 5. The molecule has 2 N–H and O–H groups in total. The minimum Gasteiger partial charge on any atom is -0.369 e. The Bertz CT molecular complexity index is 1120. The molecule has 3 aliphatic rings. The molecule has 7 heteroatoms. The Labute approximate surface area is 192 Å². The third-order valence-corrected chi connectivity index (χ3v) is 7.34. The van der Waals surface area contributed by atoms with Gasteiger partial charge in [-0.25, -0.2) is 4.98 Å². The van der Waals surface area contributed by atoms with Gasteiger partial charge in [0.1, 0.15) is 5.82 Å². The summed E-state index contributed by atoms with van der Waals surface area (Å²) in [5.41, 5.74) is 8.49. The molecule has 2 amide bonds. The van der Waals surface area contributed by atoms with E-state index >= 15 is 0 Å². The highest BCUT2D eigenvalue weighted by atomic mass is 35.5. The molecule has 2 aromatic rings. The van der Waals surface area contributed by atoms with E-state index < -0.39 is 5.54 Å². The molecule has 1 saturated heterocycles.